The monoisotopic (exact) mass is 229 g/mol. The van der Waals surface area contributed by atoms with E-state index in [-0.39, 0.29) is 5.69 Å². The standard InChI is InChI=1S/C11H10F3NO/c1-2-5-8-6-3-4-7-9(8)15-10(16)11(12,13)14/h2-4,6-7H,1,5H2,(H,15,16). The molecule has 0 fully saturated rings. The third-order valence-electron chi connectivity index (χ3n) is 1.89. The zero-order valence-corrected chi connectivity index (χ0v) is 8.34. The van der Waals surface area contributed by atoms with Gasteiger partial charge in [0.2, 0.25) is 0 Å². The van der Waals surface area contributed by atoms with Crippen LogP contribution in [0.4, 0.5) is 18.9 Å². The van der Waals surface area contributed by atoms with Gasteiger partial charge in [-0.05, 0) is 18.1 Å². The molecule has 0 spiro atoms. The van der Waals surface area contributed by atoms with Crippen LogP contribution in [-0.2, 0) is 11.2 Å². The SMILES string of the molecule is C=CCc1ccccc1NC(=O)C(F)(F)F. The second-order valence-electron chi connectivity index (χ2n) is 3.10. The smallest absolute Gasteiger partial charge is 0.318 e. The van der Waals surface area contributed by atoms with Crippen molar-refractivity contribution >= 4 is 11.6 Å². The first-order valence-electron chi connectivity index (χ1n) is 4.52. The molecule has 0 aliphatic carbocycles. The molecule has 0 heterocycles. The molecule has 0 aromatic heterocycles. The number of anilines is 1. The minimum Gasteiger partial charge on any atom is -0.318 e. The summed E-state index contributed by atoms with van der Waals surface area (Å²) in [6.45, 7) is 3.49. The van der Waals surface area contributed by atoms with Crippen LogP contribution in [0.1, 0.15) is 5.56 Å². The lowest BCUT2D eigenvalue weighted by atomic mass is 10.1. The topological polar surface area (TPSA) is 29.1 Å². The third-order valence-corrected chi connectivity index (χ3v) is 1.89. The van der Waals surface area contributed by atoms with Crippen molar-refractivity contribution in [3.05, 3.63) is 42.5 Å². The zero-order valence-electron chi connectivity index (χ0n) is 8.34. The number of para-hydroxylation sites is 1. The van der Waals surface area contributed by atoms with Crippen molar-refractivity contribution in [2.45, 2.75) is 12.6 Å². The van der Waals surface area contributed by atoms with Gasteiger partial charge < -0.3 is 5.32 Å². The molecular weight excluding hydrogens is 219 g/mol. The van der Waals surface area contributed by atoms with E-state index >= 15 is 0 Å². The van der Waals surface area contributed by atoms with Crippen LogP contribution >= 0.6 is 0 Å². The van der Waals surface area contributed by atoms with E-state index in [1.165, 1.54) is 6.07 Å². The first-order chi connectivity index (χ1) is 7.45. The second kappa shape index (κ2) is 4.83. The maximum absolute atomic E-state index is 12.0. The quantitative estimate of drug-likeness (QED) is 0.793. The zero-order chi connectivity index (χ0) is 12.2. The van der Waals surface area contributed by atoms with Crippen molar-refractivity contribution in [2.75, 3.05) is 5.32 Å². The molecule has 1 aromatic carbocycles. The van der Waals surface area contributed by atoms with Gasteiger partial charge in [0.25, 0.3) is 0 Å². The molecule has 1 rings (SSSR count). The molecule has 0 bridgehead atoms. The number of carbonyl (C=O) groups excluding carboxylic acids is 1. The number of benzene rings is 1. The number of hydrogen-bond donors (Lipinski definition) is 1. The van der Waals surface area contributed by atoms with Gasteiger partial charge in [0.05, 0.1) is 0 Å². The molecule has 0 unspecified atom stereocenters. The van der Waals surface area contributed by atoms with Gasteiger partial charge in [-0.25, -0.2) is 0 Å². The number of amides is 1. The lowest BCUT2D eigenvalue weighted by molar-refractivity contribution is -0.167. The molecule has 86 valence electrons. The molecule has 0 radical (unpaired) electrons. The highest BCUT2D eigenvalue weighted by Crippen LogP contribution is 2.21. The second-order valence-corrected chi connectivity index (χ2v) is 3.10. The normalized spacial score (nSPS) is 10.9. The van der Waals surface area contributed by atoms with E-state index in [0.29, 0.717) is 12.0 Å². The Balaban J connectivity index is 2.88. The molecule has 0 saturated heterocycles. The maximum Gasteiger partial charge on any atom is 0.471 e. The molecule has 0 aliphatic heterocycles. The molecule has 1 N–H and O–H groups in total. The fourth-order valence-electron chi connectivity index (χ4n) is 1.17. The summed E-state index contributed by atoms with van der Waals surface area (Å²) in [7, 11) is 0. The molecule has 0 atom stereocenters. The Morgan fingerprint density at radius 3 is 2.56 bits per heavy atom. The van der Waals surface area contributed by atoms with Crippen LogP contribution < -0.4 is 5.32 Å². The predicted molar refractivity (Wildman–Crippen MR) is 55.0 cm³/mol. The van der Waals surface area contributed by atoms with Crippen LogP contribution in [0.25, 0.3) is 0 Å². The van der Waals surface area contributed by atoms with Crippen LogP contribution in [-0.4, -0.2) is 12.1 Å². The van der Waals surface area contributed by atoms with E-state index in [4.69, 9.17) is 0 Å². The highest BCUT2D eigenvalue weighted by molar-refractivity contribution is 5.95. The average Bonchev–Trinajstić information content (AvgIpc) is 2.20. The van der Waals surface area contributed by atoms with E-state index in [2.05, 4.69) is 6.58 Å². The number of rotatable bonds is 3. The molecule has 1 amide bonds. The Kier molecular flexibility index (Phi) is 3.71. The van der Waals surface area contributed by atoms with Crippen molar-refractivity contribution < 1.29 is 18.0 Å². The van der Waals surface area contributed by atoms with E-state index in [9.17, 15) is 18.0 Å². The fourth-order valence-corrected chi connectivity index (χ4v) is 1.17. The van der Waals surface area contributed by atoms with Crippen LogP contribution in [0, 0.1) is 0 Å². The number of carbonyl (C=O) groups is 1. The van der Waals surface area contributed by atoms with Crippen molar-refractivity contribution in [2.24, 2.45) is 0 Å². The predicted octanol–water partition coefficient (Wildman–Crippen LogP) is 2.92. The summed E-state index contributed by atoms with van der Waals surface area (Å²) < 4.78 is 36.1. The van der Waals surface area contributed by atoms with E-state index in [1.807, 2.05) is 5.32 Å². The summed E-state index contributed by atoms with van der Waals surface area (Å²) >= 11 is 0. The van der Waals surface area contributed by atoms with Crippen molar-refractivity contribution in [1.82, 2.24) is 0 Å². The summed E-state index contributed by atoms with van der Waals surface area (Å²) in [6.07, 6.45) is -2.92. The van der Waals surface area contributed by atoms with Crippen LogP contribution in [0.3, 0.4) is 0 Å². The number of alkyl halides is 3. The molecule has 0 aliphatic rings. The Labute approximate surface area is 90.8 Å². The van der Waals surface area contributed by atoms with Crippen LogP contribution in [0.2, 0.25) is 0 Å². The largest absolute Gasteiger partial charge is 0.471 e. The third kappa shape index (κ3) is 3.12. The number of nitrogens with one attached hydrogen (secondary N) is 1. The van der Waals surface area contributed by atoms with E-state index in [0.717, 1.165) is 0 Å². The van der Waals surface area contributed by atoms with Gasteiger partial charge >= 0.3 is 12.1 Å². The van der Waals surface area contributed by atoms with Gasteiger partial charge in [-0.3, -0.25) is 4.79 Å². The molecule has 16 heavy (non-hydrogen) atoms. The van der Waals surface area contributed by atoms with Gasteiger partial charge in [-0.15, -0.1) is 6.58 Å². The maximum atomic E-state index is 12.0. The molecule has 2 nitrogen and oxygen atoms in total. The summed E-state index contributed by atoms with van der Waals surface area (Å²) in [6, 6.07) is 6.29. The number of hydrogen-bond acceptors (Lipinski definition) is 1. The van der Waals surface area contributed by atoms with Crippen molar-refractivity contribution in [3.63, 3.8) is 0 Å². The van der Waals surface area contributed by atoms with Crippen LogP contribution in [0.5, 0.6) is 0 Å². The molecule has 0 saturated carbocycles. The fraction of sp³-hybridized carbons (Fsp3) is 0.182. The first-order valence-corrected chi connectivity index (χ1v) is 4.52. The first kappa shape index (κ1) is 12.3. The van der Waals surface area contributed by atoms with Gasteiger partial charge in [-0.2, -0.15) is 13.2 Å². The van der Waals surface area contributed by atoms with Gasteiger partial charge in [0.15, 0.2) is 0 Å². The molecular formula is C11H10F3NO. The van der Waals surface area contributed by atoms with E-state index in [1.54, 1.807) is 24.3 Å². The lowest BCUT2D eigenvalue weighted by Gasteiger charge is -2.11. The Bertz CT molecular complexity index is 398. The van der Waals surface area contributed by atoms with E-state index < -0.39 is 12.1 Å². The Hall–Kier alpha value is -1.78. The molecule has 5 heteroatoms. The van der Waals surface area contributed by atoms with Crippen molar-refractivity contribution in [1.29, 1.82) is 0 Å². The minimum absolute atomic E-state index is 0.157. The Morgan fingerprint density at radius 1 is 1.38 bits per heavy atom. The van der Waals surface area contributed by atoms with Gasteiger partial charge in [0, 0.05) is 5.69 Å². The Morgan fingerprint density at radius 2 is 2.00 bits per heavy atom. The lowest BCUT2D eigenvalue weighted by Crippen LogP contribution is -2.30. The summed E-state index contributed by atoms with van der Waals surface area (Å²) in [4.78, 5) is 10.7. The summed E-state index contributed by atoms with van der Waals surface area (Å²) in [5.41, 5.74) is 0.750. The summed E-state index contributed by atoms with van der Waals surface area (Å²) in [5.74, 6) is -1.97. The minimum atomic E-state index is -4.87. The van der Waals surface area contributed by atoms with Crippen molar-refractivity contribution in [3.8, 4) is 0 Å². The number of halogens is 3. The average molecular weight is 229 g/mol. The highest BCUT2D eigenvalue weighted by Gasteiger charge is 2.38. The van der Waals surface area contributed by atoms with Crippen LogP contribution in [0.15, 0.2) is 36.9 Å². The number of allylic oxidation sites excluding steroid dienone is 1. The summed E-state index contributed by atoms with van der Waals surface area (Å²) in [5, 5.41) is 1.82. The van der Waals surface area contributed by atoms with Gasteiger partial charge in [0.1, 0.15) is 0 Å². The van der Waals surface area contributed by atoms with Gasteiger partial charge in [-0.1, -0.05) is 24.3 Å². The molecule has 1 aromatic rings. The highest BCUT2D eigenvalue weighted by atomic mass is 19.4.